The Balaban J connectivity index is 1.54. The van der Waals surface area contributed by atoms with Crippen LogP contribution in [-0.4, -0.2) is 39.9 Å². The Hall–Kier alpha value is -3.38. The molecule has 6 heteroatoms. The first-order chi connectivity index (χ1) is 16.6. The summed E-state index contributed by atoms with van der Waals surface area (Å²) in [5.41, 5.74) is 4.81. The van der Waals surface area contributed by atoms with E-state index in [0.717, 1.165) is 42.1 Å². The van der Waals surface area contributed by atoms with E-state index in [0.29, 0.717) is 23.9 Å². The largest absolute Gasteiger partial charge is 0.493 e. The molecular formula is C28H33NO5. The van der Waals surface area contributed by atoms with Crippen molar-refractivity contribution in [1.82, 2.24) is 4.90 Å². The molecule has 1 atom stereocenters. The van der Waals surface area contributed by atoms with Crippen molar-refractivity contribution in [1.29, 1.82) is 0 Å². The standard InChI is InChI=1S/C28H33NO5/c1-19-23-16-24(30-2)25(34-18-20-9-7-6-8-10-20)15-22(23)11-12-29(19)17-21-13-26(31-3)28(33-5)27(14-21)32-4/h6-10,13-16,19H,11-12,17-18H2,1-5H3. The quantitative estimate of drug-likeness (QED) is 0.422. The fraction of sp³-hybridized carbons (Fsp3) is 0.357. The number of fused-ring (bicyclic) bond motifs is 1. The van der Waals surface area contributed by atoms with Crippen molar-refractivity contribution in [2.45, 2.75) is 32.5 Å². The predicted molar refractivity (Wildman–Crippen MR) is 132 cm³/mol. The van der Waals surface area contributed by atoms with Crippen LogP contribution in [0.2, 0.25) is 0 Å². The highest BCUT2D eigenvalue weighted by Crippen LogP contribution is 2.41. The van der Waals surface area contributed by atoms with E-state index in [1.807, 2.05) is 30.3 Å². The molecular weight excluding hydrogens is 430 g/mol. The van der Waals surface area contributed by atoms with Crippen molar-refractivity contribution in [3.05, 3.63) is 76.9 Å². The van der Waals surface area contributed by atoms with E-state index in [1.165, 1.54) is 11.1 Å². The summed E-state index contributed by atoms with van der Waals surface area (Å²) in [6.07, 6.45) is 0.940. The zero-order valence-corrected chi connectivity index (χ0v) is 20.6. The van der Waals surface area contributed by atoms with Gasteiger partial charge in [-0.25, -0.2) is 0 Å². The number of methoxy groups -OCH3 is 4. The highest BCUT2D eigenvalue weighted by molar-refractivity contribution is 5.54. The molecule has 3 aromatic carbocycles. The molecule has 1 heterocycles. The average Bonchev–Trinajstić information content (AvgIpc) is 2.88. The van der Waals surface area contributed by atoms with Crippen LogP contribution in [0.1, 0.15) is 35.2 Å². The topological polar surface area (TPSA) is 49.4 Å². The van der Waals surface area contributed by atoms with Crippen molar-refractivity contribution in [2.75, 3.05) is 35.0 Å². The summed E-state index contributed by atoms with van der Waals surface area (Å²) in [5, 5.41) is 0. The van der Waals surface area contributed by atoms with Crippen LogP contribution in [-0.2, 0) is 19.6 Å². The molecule has 1 aliphatic rings. The Bertz CT molecular complexity index is 1090. The van der Waals surface area contributed by atoms with Gasteiger partial charge in [0, 0.05) is 19.1 Å². The smallest absolute Gasteiger partial charge is 0.203 e. The Kier molecular flexibility index (Phi) is 7.48. The third-order valence-electron chi connectivity index (χ3n) is 6.44. The number of benzene rings is 3. The summed E-state index contributed by atoms with van der Waals surface area (Å²) in [5.74, 6) is 3.50. The third kappa shape index (κ3) is 4.92. The second kappa shape index (κ2) is 10.7. The van der Waals surface area contributed by atoms with Gasteiger partial charge in [-0.1, -0.05) is 30.3 Å². The first-order valence-corrected chi connectivity index (χ1v) is 11.5. The van der Waals surface area contributed by atoms with E-state index in [2.05, 4.69) is 36.1 Å². The molecule has 0 bridgehead atoms. The van der Waals surface area contributed by atoms with Crippen molar-refractivity contribution in [3.8, 4) is 28.7 Å². The van der Waals surface area contributed by atoms with Gasteiger partial charge in [-0.3, -0.25) is 4.90 Å². The van der Waals surface area contributed by atoms with E-state index in [-0.39, 0.29) is 6.04 Å². The monoisotopic (exact) mass is 463 g/mol. The van der Waals surface area contributed by atoms with Crippen LogP contribution < -0.4 is 23.7 Å². The third-order valence-corrected chi connectivity index (χ3v) is 6.44. The fourth-order valence-electron chi connectivity index (χ4n) is 4.56. The molecule has 34 heavy (non-hydrogen) atoms. The number of ether oxygens (including phenoxy) is 5. The summed E-state index contributed by atoms with van der Waals surface area (Å²) >= 11 is 0. The molecule has 0 saturated heterocycles. The maximum Gasteiger partial charge on any atom is 0.203 e. The molecule has 0 fully saturated rings. The minimum atomic E-state index is 0.222. The van der Waals surface area contributed by atoms with E-state index in [4.69, 9.17) is 23.7 Å². The van der Waals surface area contributed by atoms with E-state index < -0.39 is 0 Å². The maximum absolute atomic E-state index is 6.13. The molecule has 0 aromatic heterocycles. The number of rotatable bonds is 9. The summed E-state index contributed by atoms with van der Waals surface area (Å²) in [6, 6.07) is 18.7. The first kappa shape index (κ1) is 23.8. The number of hydrogen-bond acceptors (Lipinski definition) is 6. The Morgan fingerprint density at radius 2 is 1.44 bits per heavy atom. The van der Waals surface area contributed by atoms with Gasteiger partial charge in [-0.05, 0) is 59.9 Å². The first-order valence-electron chi connectivity index (χ1n) is 11.5. The van der Waals surface area contributed by atoms with Crippen LogP contribution in [0.5, 0.6) is 28.7 Å². The van der Waals surface area contributed by atoms with Gasteiger partial charge in [0.25, 0.3) is 0 Å². The van der Waals surface area contributed by atoms with Crippen molar-refractivity contribution < 1.29 is 23.7 Å². The normalized spacial score (nSPS) is 15.4. The van der Waals surface area contributed by atoms with Gasteiger partial charge >= 0.3 is 0 Å². The zero-order chi connectivity index (χ0) is 24.1. The van der Waals surface area contributed by atoms with Gasteiger partial charge in [-0.2, -0.15) is 0 Å². The molecule has 0 spiro atoms. The van der Waals surface area contributed by atoms with Crippen LogP contribution in [0.25, 0.3) is 0 Å². The summed E-state index contributed by atoms with van der Waals surface area (Å²) in [4.78, 5) is 2.45. The molecule has 0 amide bonds. The molecule has 0 N–H and O–H groups in total. The molecule has 1 aliphatic heterocycles. The Morgan fingerprint density at radius 1 is 0.765 bits per heavy atom. The molecule has 0 radical (unpaired) electrons. The van der Waals surface area contributed by atoms with Gasteiger partial charge in [0.1, 0.15) is 6.61 Å². The van der Waals surface area contributed by atoms with Crippen molar-refractivity contribution in [2.24, 2.45) is 0 Å². The highest BCUT2D eigenvalue weighted by atomic mass is 16.5. The lowest BCUT2D eigenvalue weighted by molar-refractivity contribution is 0.187. The lowest BCUT2D eigenvalue weighted by Crippen LogP contribution is -2.33. The predicted octanol–water partition coefficient (Wildman–Crippen LogP) is 5.42. The van der Waals surface area contributed by atoms with Crippen molar-refractivity contribution in [3.63, 3.8) is 0 Å². The number of nitrogens with zero attached hydrogens (tertiary/aromatic N) is 1. The fourth-order valence-corrected chi connectivity index (χ4v) is 4.56. The lowest BCUT2D eigenvalue weighted by Gasteiger charge is -2.36. The van der Waals surface area contributed by atoms with Crippen LogP contribution in [0, 0.1) is 0 Å². The number of hydrogen-bond donors (Lipinski definition) is 0. The minimum absolute atomic E-state index is 0.222. The van der Waals surface area contributed by atoms with Gasteiger partial charge < -0.3 is 23.7 Å². The van der Waals surface area contributed by atoms with Crippen LogP contribution in [0.4, 0.5) is 0 Å². The second-order valence-corrected chi connectivity index (χ2v) is 8.41. The molecule has 0 saturated carbocycles. The van der Waals surface area contributed by atoms with Gasteiger partial charge in [0.15, 0.2) is 23.0 Å². The van der Waals surface area contributed by atoms with E-state index in [9.17, 15) is 0 Å². The van der Waals surface area contributed by atoms with Crippen molar-refractivity contribution >= 4 is 0 Å². The zero-order valence-electron chi connectivity index (χ0n) is 20.6. The molecule has 3 aromatic rings. The van der Waals surface area contributed by atoms with Crippen LogP contribution in [0.3, 0.4) is 0 Å². The molecule has 1 unspecified atom stereocenters. The molecule has 180 valence electrons. The lowest BCUT2D eigenvalue weighted by atomic mass is 9.92. The summed E-state index contributed by atoms with van der Waals surface area (Å²) in [7, 11) is 6.60. The average molecular weight is 464 g/mol. The van der Waals surface area contributed by atoms with Gasteiger partial charge in [0.2, 0.25) is 5.75 Å². The molecule has 6 nitrogen and oxygen atoms in total. The Morgan fingerprint density at radius 3 is 2.06 bits per heavy atom. The van der Waals surface area contributed by atoms with E-state index in [1.54, 1.807) is 28.4 Å². The Labute approximate surface area is 202 Å². The second-order valence-electron chi connectivity index (χ2n) is 8.41. The summed E-state index contributed by atoms with van der Waals surface area (Å²) < 4.78 is 28.4. The van der Waals surface area contributed by atoms with Crippen LogP contribution in [0.15, 0.2) is 54.6 Å². The molecule has 0 aliphatic carbocycles. The van der Waals surface area contributed by atoms with Crippen LogP contribution >= 0.6 is 0 Å². The maximum atomic E-state index is 6.13. The minimum Gasteiger partial charge on any atom is -0.493 e. The SMILES string of the molecule is COc1cc2c(cc1OCc1ccccc1)CCN(Cc1cc(OC)c(OC)c(OC)c1)C2C. The highest BCUT2D eigenvalue weighted by Gasteiger charge is 2.27. The molecule has 4 rings (SSSR count). The van der Waals surface area contributed by atoms with Gasteiger partial charge in [-0.15, -0.1) is 0 Å². The van der Waals surface area contributed by atoms with Gasteiger partial charge in [0.05, 0.1) is 28.4 Å². The van der Waals surface area contributed by atoms with E-state index >= 15 is 0 Å². The summed E-state index contributed by atoms with van der Waals surface area (Å²) in [6.45, 7) is 4.46.